The van der Waals surface area contributed by atoms with Crippen LogP contribution >= 0.6 is 0 Å². The maximum Gasteiger partial charge on any atom is 0.254 e. The van der Waals surface area contributed by atoms with Crippen molar-refractivity contribution in [1.82, 2.24) is 15.3 Å². The molecule has 6 nitrogen and oxygen atoms in total. The molecule has 0 aliphatic carbocycles. The largest absolute Gasteiger partial charge is 0.348 e. The van der Waals surface area contributed by atoms with Crippen LogP contribution in [0.1, 0.15) is 27.0 Å². The van der Waals surface area contributed by atoms with E-state index in [4.69, 9.17) is 5.26 Å². The van der Waals surface area contributed by atoms with Crippen molar-refractivity contribution in [2.45, 2.75) is 13.5 Å². The number of nitrogens with zero attached hydrogens (tertiary/aromatic N) is 3. The molecule has 128 valence electrons. The molecule has 1 amide bonds. The number of carbonyl (C=O) groups is 1. The first-order chi connectivity index (χ1) is 12.7. The summed E-state index contributed by atoms with van der Waals surface area (Å²) in [6.45, 7) is 2.46. The number of benzene rings is 2. The number of aryl methyl sites for hydroxylation is 1. The number of amides is 1. The lowest BCUT2D eigenvalue weighted by Gasteiger charge is -2.08. The summed E-state index contributed by atoms with van der Waals surface area (Å²) < 4.78 is 0. The topological polar surface area (TPSA) is 90.7 Å². The molecule has 3 aromatic rings. The lowest BCUT2D eigenvalue weighted by molar-refractivity contribution is 0.0950. The van der Waals surface area contributed by atoms with Crippen molar-refractivity contribution in [1.29, 1.82) is 5.26 Å². The fourth-order valence-corrected chi connectivity index (χ4v) is 2.39. The molecule has 3 rings (SSSR count). The maximum absolute atomic E-state index is 12.2. The van der Waals surface area contributed by atoms with Crippen LogP contribution in [0.5, 0.6) is 0 Å². The number of nitrogens with one attached hydrogen (secondary N) is 2. The fraction of sp³-hybridized carbons (Fsp3) is 0.100. The Bertz CT molecular complexity index is 960. The first kappa shape index (κ1) is 17.1. The first-order valence-corrected chi connectivity index (χ1v) is 8.07. The van der Waals surface area contributed by atoms with Gasteiger partial charge >= 0.3 is 0 Å². The molecule has 6 heteroatoms. The van der Waals surface area contributed by atoms with Crippen molar-refractivity contribution in [2.75, 3.05) is 5.32 Å². The molecule has 0 fully saturated rings. The highest BCUT2D eigenvalue weighted by atomic mass is 16.1. The smallest absolute Gasteiger partial charge is 0.254 e. The third kappa shape index (κ3) is 4.22. The predicted molar refractivity (Wildman–Crippen MR) is 98.8 cm³/mol. The second-order valence-corrected chi connectivity index (χ2v) is 5.72. The molecule has 0 spiro atoms. The van der Waals surface area contributed by atoms with Gasteiger partial charge in [-0.3, -0.25) is 4.79 Å². The average molecular weight is 343 g/mol. The van der Waals surface area contributed by atoms with Gasteiger partial charge in [-0.1, -0.05) is 30.3 Å². The van der Waals surface area contributed by atoms with Crippen LogP contribution in [-0.2, 0) is 6.54 Å². The molecule has 26 heavy (non-hydrogen) atoms. The van der Waals surface area contributed by atoms with Crippen LogP contribution in [-0.4, -0.2) is 15.9 Å². The summed E-state index contributed by atoms with van der Waals surface area (Å²) in [6.07, 6.45) is 2.94. The Labute approximate surface area is 151 Å². The van der Waals surface area contributed by atoms with Crippen molar-refractivity contribution in [3.8, 4) is 6.07 Å². The van der Waals surface area contributed by atoms with Crippen LogP contribution in [0.3, 0.4) is 0 Å². The summed E-state index contributed by atoms with van der Waals surface area (Å²) in [4.78, 5) is 20.5. The number of aromatic nitrogens is 2. The Morgan fingerprint density at radius 1 is 1.12 bits per heavy atom. The second-order valence-electron chi connectivity index (χ2n) is 5.72. The van der Waals surface area contributed by atoms with Crippen LogP contribution in [0, 0.1) is 18.3 Å². The van der Waals surface area contributed by atoms with E-state index in [0.717, 1.165) is 11.1 Å². The van der Waals surface area contributed by atoms with Gasteiger partial charge in [0.2, 0.25) is 5.95 Å². The average Bonchev–Trinajstić information content (AvgIpc) is 2.68. The molecule has 0 aliphatic rings. The quantitative estimate of drug-likeness (QED) is 0.741. The van der Waals surface area contributed by atoms with Gasteiger partial charge in [0.05, 0.1) is 17.2 Å². The second kappa shape index (κ2) is 7.90. The van der Waals surface area contributed by atoms with Gasteiger partial charge in [-0.25, -0.2) is 9.97 Å². The zero-order valence-electron chi connectivity index (χ0n) is 14.2. The molecule has 0 aliphatic heterocycles. The van der Waals surface area contributed by atoms with E-state index in [1.165, 1.54) is 12.4 Å². The molecule has 1 aromatic heterocycles. The number of hydrogen-bond acceptors (Lipinski definition) is 5. The molecular formula is C20H17N5O. The molecular weight excluding hydrogens is 326 g/mol. The molecule has 0 radical (unpaired) electrons. The van der Waals surface area contributed by atoms with E-state index in [-0.39, 0.29) is 5.91 Å². The first-order valence-electron chi connectivity index (χ1n) is 8.07. The highest BCUT2D eigenvalue weighted by Gasteiger charge is 2.08. The number of nitriles is 1. The predicted octanol–water partition coefficient (Wildman–Crippen LogP) is 3.33. The van der Waals surface area contributed by atoms with Crippen LogP contribution in [0.2, 0.25) is 0 Å². The number of hydrogen-bond donors (Lipinski definition) is 2. The molecule has 0 unspecified atom stereocenters. The Morgan fingerprint density at radius 3 is 2.62 bits per heavy atom. The maximum atomic E-state index is 12.2. The Balaban J connectivity index is 1.62. The monoisotopic (exact) mass is 343 g/mol. The van der Waals surface area contributed by atoms with Crippen molar-refractivity contribution >= 4 is 17.5 Å². The van der Waals surface area contributed by atoms with Crippen molar-refractivity contribution in [3.63, 3.8) is 0 Å². The minimum Gasteiger partial charge on any atom is -0.348 e. The molecule has 2 N–H and O–H groups in total. The summed E-state index contributed by atoms with van der Waals surface area (Å²) in [6, 6.07) is 17.0. The van der Waals surface area contributed by atoms with E-state index < -0.39 is 0 Å². The third-order valence-corrected chi connectivity index (χ3v) is 3.86. The Kier molecular flexibility index (Phi) is 5.20. The molecule has 0 saturated carbocycles. The normalized spacial score (nSPS) is 10.0. The van der Waals surface area contributed by atoms with E-state index in [1.54, 1.807) is 18.2 Å². The highest BCUT2D eigenvalue weighted by molar-refractivity contribution is 5.93. The molecule has 0 bridgehead atoms. The van der Waals surface area contributed by atoms with Crippen LogP contribution in [0.4, 0.5) is 11.6 Å². The summed E-state index contributed by atoms with van der Waals surface area (Å²) in [5.74, 6) is 0.127. The van der Waals surface area contributed by atoms with Crippen molar-refractivity contribution < 1.29 is 4.79 Å². The number of anilines is 2. The third-order valence-electron chi connectivity index (χ3n) is 3.86. The lowest BCUT2D eigenvalue weighted by Crippen LogP contribution is -2.23. The van der Waals surface area contributed by atoms with Gasteiger partial charge in [-0.2, -0.15) is 5.26 Å². The van der Waals surface area contributed by atoms with Crippen LogP contribution < -0.4 is 10.6 Å². The molecule has 0 atom stereocenters. The lowest BCUT2D eigenvalue weighted by atomic mass is 10.1. The Morgan fingerprint density at radius 2 is 1.88 bits per heavy atom. The zero-order chi connectivity index (χ0) is 18.4. The van der Waals surface area contributed by atoms with Crippen LogP contribution in [0.25, 0.3) is 0 Å². The van der Waals surface area contributed by atoms with Gasteiger partial charge in [0, 0.05) is 24.6 Å². The standard InChI is InChI=1S/C20H17N5O/c1-14-5-2-3-7-16(14)11-22-19(26)17-12-23-20(24-13-17)25-18-8-4-6-15(9-18)10-21/h2-9,12-13H,11H2,1H3,(H,22,26)(H,23,24,25). The zero-order valence-corrected chi connectivity index (χ0v) is 14.2. The SMILES string of the molecule is Cc1ccccc1CNC(=O)c1cnc(Nc2cccc(C#N)c2)nc1. The summed E-state index contributed by atoms with van der Waals surface area (Å²) >= 11 is 0. The molecule has 0 saturated heterocycles. The Hall–Kier alpha value is -3.72. The van der Waals surface area contributed by atoms with E-state index in [0.29, 0.717) is 29.3 Å². The van der Waals surface area contributed by atoms with Gasteiger partial charge in [-0.15, -0.1) is 0 Å². The van der Waals surface area contributed by atoms with Crippen molar-refractivity contribution in [2.24, 2.45) is 0 Å². The van der Waals surface area contributed by atoms with E-state index in [2.05, 4.69) is 26.7 Å². The summed E-state index contributed by atoms with van der Waals surface area (Å²) in [5.41, 5.74) is 3.83. The van der Waals surface area contributed by atoms with Gasteiger partial charge in [-0.05, 0) is 36.2 Å². The summed E-state index contributed by atoms with van der Waals surface area (Å²) in [7, 11) is 0. The highest BCUT2D eigenvalue weighted by Crippen LogP contribution is 2.14. The van der Waals surface area contributed by atoms with E-state index >= 15 is 0 Å². The summed E-state index contributed by atoms with van der Waals surface area (Å²) in [5, 5.41) is 14.8. The van der Waals surface area contributed by atoms with Gasteiger partial charge in [0.15, 0.2) is 0 Å². The molecule has 2 aromatic carbocycles. The number of rotatable bonds is 5. The fourth-order valence-electron chi connectivity index (χ4n) is 2.39. The van der Waals surface area contributed by atoms with E-state index in [1.807, 2.05) is 37.3 Å². The van der Waals surface area contributed by atoms with Gasteiger partial charge in [0.25, 0.3) is 5.91 Å². The number of carbonyl (C=O) groups excluding carboxylic acids is 1. The minimum atomic E-state index is -0.230. The van der Waals surface area contributed by atoms with Gasteiger partial charge < -0.3 is 10.6 Å². The van der Waals surface area contributed by atoms with Crippen LogP contribution in [0.15, 0.2) is 60.9 Å². The van der Waals surface area contributed by atoms with Gasteiger partial charge in [0.1, 0.15) is 0 Å². The minimum absolute atomic E-state index is 0.230. The van der Waals surface area contributed by atoms with Crippen molar-refractivity contribution in [3.05, 3.63) is 83.2 Å². The molecule has 1 heterocycles. The van der Waals surface area contributed by atoms with E-state index in [9.17, 15) is 4.79 Å².